The summed E-state index contributed by atoms with van der Waals surface area (Å²) < 4.78 is 11.4. The fourth-order valence-corrected chi connectivity index (χ4v) is 3.05. The standard InChI is InChI=1S/C16H15ClO3S/c1-11(17)21(20)15-8-6-14(7-9-15)13-4-2-12(3-5-13)10-16(18)19/h2-9,11H,10H2,1H3,(H,18,19). The van der Waals surface area contributed by atoms with Crippen molar-refractivity contribution in [3.05, 3.63) is 54.1 Å². The van der Waals surface area contributed by atoms with Gasteiger partial charge in [0.05, 0.1) is 17.2 Å². The van der Waals surface area contributed by atoms with Crippen molar-refractivity contribution in [2.24, 2.45) is 0 Å². The van der Waals surface area contributed by atoms with Crippen molar-refractivity contribution in [3.63, 3.8) is 0 Å². The molecule has 110 valence electrons. The smallest absolute Gasteiger partial charge is 0.307 e. The van der Waals surface area contributed by atoms with Crippen LogP contribution in [0.25, 0.3) is 11.1 Å². The summed E-state index contributed by atoms with van der Waals surface area (Å²) in [5.74, 6) is -0.843. The second kappa shape index (κ2) is 6.87. The fourth-order valence-electron chi connectivity index (χ4n) is 1.96. The van der Waals surface area contributed by atoms with Crippen LogP contribution in [-0.4, -0.2) is 20.0 Å². The highest BCUT2D eigenvalue weighted by atomic mass is 35.5. The van der Waals surface area contributed by atoms with Crippen LogP contribution in [0, 0.1) is 0 Å². The van der Waals surface area contributed by atoms with Gasteiger partial charge < -0.3 is 5.11 Å². The van der Waals surface area contributed by atoms with E-state index in [1.165, 1.54) is 0 Å². The Morgan fingerprint density at radius 1 is 1.10 bits per heavy atom. The molecule has 2 atom stereocenters. The summed E-state index contributed by atoms with van der Waals surface area (Å²) in [5, 5.41) is 8.74. The summed E-state index contributed by atoms with van der Waals surface area (Å²) in [5.41, 5.74) is 2.74. The molecule has 0 bridgehead atoms. The van der Waals surface area contributed by atoms with Gasteiger partial charge in [-0.05, 0) is 35.7 Å². The van der Waals surface area contributed by atoms with E-state index in [0.717, 1.165) is 16.7 Å². The lowest BCUT2D eigenvalue weighted by atomic mass is 10.0. The van der Waals surface area contributed by atoms with Crippen LogP contribution in [-0.2, 0) is 22.0 Å². The van der Waals surface area contributed by atoms with Crippen molar-refractivity contribution >= 4 is 28.4 Å². The first-order chi connectivity index (χ1) is 9.97. The van der Waals surface area contributed by atoms with Crippen LogP contribution in [0.15, 0.2) is 53.4 Å². The Kier molecular flexibility index (Phi) is 5.15. The van der Waals surface area contributed by atoms with Crippen LogP contribution in [0.1, 0.15) is 12.5 Å². The molecule has 3 nitrogen and oxygen atoms in total. The molecule has 0 heterocycles. The molecule has 0 spiro atoms. The largest absolute Gasteiger partial charge is 0.481 e. The van der Waals surface area contributed by atoms with Gasteiger partial charge in [-0.3, -0.25) is 9.00 Å². The van der Waals surface area contributed by atoms with E-state index in [2.05, 4.69) is 0 Å². The lowest BCUT2D eigenvalue weighted by molar-refractivity contribution is -0.136. The van der Waals surface area contributed by atoms with Crippen molar-refractivity contribution in [2.45, 2.75) is 22.9 Å². The van der Waals surface area contributed by atoms with Crippen molar-refractivity contribution < 1.29 is 14.1 Å². The third-order valence-electron chi connectivity index (χ3n) is 3.02. The molecule has 0 fully saturated rings. The molecule has 21 heavy (non-hydrogen) atoms. The minimum absolute atomic E-state index is 0.0197. The second-order valence-electron chi connectivity index (χ2n) is 4.63. The Hall–Kier alpha value is -1.65. The molecule has 2 unspecified atom stereocenters. The first-order valence-electron chi connectivity index (χ1n) is 6.43. The minimum atomic E-state index is -1.21. The molecule has 0 aliphatic rings. The average molecular weight is 323 g/mol. The predicted octanol–water partition coefficient (Wildman–Crippen LogP) is 3.67. The zero-order chi connectivity index (χ0) is 15.4. The molecule has 1 N–H and O–H groups in total. The van der Waals surface area contributed by atoms with Gasteiger partial charge >= 0.3 is 5.97 Å². The molecule has 2 aromatic carbocycles. The van der Waals surface area contributed by atoms with Crippen LogP contribution in [0.2, 0.25) is 0 Å². The maximum absolute atomic E-state index is 11.9. The van der Waals surface area contributed by atoms with Gasteiger partial charge in [0.1, 0.15) is 4.71 Å². The number of hydrogen-bond acceptors (Lipinski definition) is 2. The average Bonchev–Trinajstić information content (AvgIpc) is 2.47. The predicted molar refractivity (Wildman–Crippen MR) is 84.9 cm³/mol. The fraction of sp³-hybridized carbons (Fsp3) is 0.188. The number of aliphatic carboxylic acids is 1. The van der Waals surface area contributed by atoms with E-state index >= 15 is 0 Å². The molecule has 0 aromatic heterocycles. The molecular formula is C16H15ClO3S. The molecule has 5 heteroatoms. The van der Waals surface area contributed by atoms with Crippen molar-refractivity contribution in [2.75, 3.05) is 0 Å². The van der Waals surface area contributed by atoms with E-state index < -0.39 is 21.5 Å². The van der Waals surface area contributed by atoms with Gasteiger partial charge in [0.2, 0.25) is 0 Å². The highest BCUT2D eigenvalue weighted by Gasteiger charge is 2.10. The Morgan fingerprint density at radius 2 is 1.57 bits per heavy atom. The maximum atomic E-state index is 11.9. The quantitative estimate of drug-likeness (QED) is 0.854. The number of carbonyl (C=O) groups is 1. The molecular weight excluding hydrogens is 308 g/mol. The van der Waals surface area contributed by atoms with E-state index in [1.807, 2.05) is 24.3 Å². The number of carboxylic acids is 1. The Labute approximate surface area is 131 Å². The number of carboxylic acid groups (broad SMARTS) is 1. The van der Waals surface area contributed by atoms with Crippen molar-refractivity contribution in [3.8, 4) is 11.1 Å². The molecule has 0 saturated heterocycles. The highest BCUT2D eigenvalue weighted by Crippen LogP contribution is 2.23. The lowest BCUT2D eigenvalue weighted by Crippen LogP contribution is -2.02. The number of benzene rings is 2. The summed E-state index contributed by atoms with van der Waals surface area (Å²) in [4.78, 5) is 11.3. The number of hydrogen-bond donors (Lipinski definition) is 1. The van der Waals surface area contributed by atoms with Gasteiger partial charge in [0, 0.05) is 4.90 Å². The molecule has 0 aliphatic heterocycles. The van der Waals surface area contributed by atoms with E-state index in [-0.39, 0.29) is 6.42 Å². The SMILES string of the molecule is CC(Cl)S(=O)c1ccc(-c2ccc(CC(=O)O)cc2)cc1. The zero-order valence-electron chi connectivity index (χ0n) is 11.5. The molecule has 2 rings (SSSR count). The van der Waals surface area contributed by atoms with Gasteiger partial charge in [-0.1, -0.05) is 36.4 Å². The normalized spacial score (nSPS) is 13.6. The van der Waals surface area contributed by atoms with Gasteiger partial charge in [-0.15, -0.1) is 11.6 Å². The van der Waals surface area contributed by atoms with Crippen LogP contribution in [0.3, 0.4) is 0 Å². The second-order valence-corrected chi connectivity index (χ2v) is 7.32. The highest BCUT2D eigenvalue weighted by molar-refractivity contribution is 7.87. The number of alkyl halides is 1. The van der Waals surface area contributed by atoms with E-state index in [4.69, 9.17) is 16.7 Å². The van der Waals surface area contributed by atoms with E-state index in [1.54, 1.807) is 31.2 Å². The summed E-state index contributed by atoms with van der Waals surface area (Å²) in [6.45, 7) is 1.70. The topological polar surface area (TPSA) is 54.4 Å². The van der Waals surface area contributed by atoms with Crippen LogP contribution in [0.5, 0.6) is 0 Å². The van der Waals surface area contributed by atoms with E-state index in [0.29, 0.717) is 4.90 Å². The Balaban J connectivity index is 2.19. The third kappa shape index (κ3) is 4.16. The minimum Gasteiger partial charge on any atom is -0.481 e. The van der Waals surface area contributed by atoms with Crippen LogP contribution >= 0.6 is 11.6 Å². The van der Waals surface area contributed by atoms with Crippen molar-refractivity contribution in [1.29, 1.82) is 0 Å². The first-order valence-corrected chi connectivity index (χ1v) is 8.08. The van der Waals surface area contributed by atoms with Crippen LogP contribution in [0.4, 0.5) is 0 Å². The summed E-state index contributed by atoms with van der Waals surface area (Å²) in [6, 6.07) is 14.7. The summed E-state index contributed by atoms with van der Waals surface area (Å²) in [6.07, 6.45) is 0.0197. The van der Waals surface area contributed by atoms with Gasteiger partial charge in [0.15, 0.2) is 0 Å². The zero-order valence-corrected chi connectivity index (χ0v) is 13.0. The van der Waals surface area contributed by atoms with Crippen molar-refractivity contribution in [1.82, 2.24) is 0 Å². The molecule has 0 radical (unpaired) electrons. The molecule has 0 saturated carbocycles. The summed E-state index contributed by atoms with van der Waals surface area (Å²) >= 11 is 5.83. The molecule has 0 amide bonds. The monoisotopic (exact) mass is 322 g/mol. The molecule has 2 aromatic rings. The Morgan fingerprint density at radius 3 is 2.00 bits per heavy atom. The summed E-state index contributed by atoms with van der Waals surface area (Å²) in [7, 11) is -1.21. The van der Waals surface area contributed by atoms with Gasteiger partial charge in [-0.2, -0.15) is 0 Å². The van der Waals surface area contributed by atoms with Gasteiger partial charge in [0.25, 0.3) is 0 Å². The molecule has 0 aliphatic carbocycles. The van der Waals surface area contributed by atoms with Gasteiger partial charge in [-0.25, -0.2) is 0 Å². The lowest BCUT2D eigenvalue weighted by Gasteiger charge is -2.06. The third-order valence-corrected chi connectivity index (χ3v) is 4.84. The number of halogens is 1. The first kappa shape index (κ1) is 15.7. The maximum Gasteiger partial charge on any atom is 0.307 e. The van der Waals surface area contributed by atoms with E-state index in [9.17, 15) is 9.00 Å². The number of rotatable bonds is 5. The Bertz CT molecular complexity index is 648. The van der Waals surface area contributed by atoms with Crippen LogP contribution < -0.4 is 0 Å².